The number of rotatable bonds is 2. The van der Waals surface area contributed by atoms with E-state index >= 15 is 0 Å². The highest BCUT2D eigenvalue weighted by Gasteiger charge is 2.35. The maximum absolute atomic E-state index is 10.4. The number of hydrogen-bond acceptors (Lipinski definition) is 2. The number of aromatic nitrogens is 3. The van der Waals surface area contributed by atoms with E-state index in [4.69, 9.17) is 0 Å². The van der Waals surface area contributed by atoms with Gasteiger partial charge in [-0.3, -0.25) is 0 Å². The first-order valence-electron chi connectivity index (χ1n) is 7.27. The Kier molecular flexibility index (Phi) is 3.01. The first kappa shape index (κ1) is 13.4. The highest BCUT2D eigenvalue weighted by atomic mass is 16.3. The van der Waals surface area contributed by atoms with Crippen molar-refractivity contribution >= 4 is 0 Å². The smallest absolute Gasteiger partial charge is 0.128 e. The maximum Gasteiger partial charge on any atom is 0.128 e. The summed E-state index contributed by atoms with van der Waals surface area (Å²) in [6, 6.07) is 2.30. The normalized spacial score (nSPS) is 22.6. The predicted molar refractivity (Wildman–Crippen MR) is 78.6 cm³/mol. The topological polar surface area (TPSA) is 53.8 Å². The van der Waals surface area contributed by atoms with Gasteiger partial charge in [-0.05, 0) is 38.2 Å². The summed E-state index contributed by atoms with van der Waals surface area (Å²) in [7, 11) is 0. The minimum atomic E-state index is -0.350. The van der Waals surface area contributed by atoms with Crippen LogP contribution in [-0.4, -0.2) is 19.6 Å². The number of imidazole rings is 1. The van der Waals surface area contributed by atoms with E-state index in [0.717, 1.165) is 24.2 Å². The van der Waals surface area contributed by atoms with Gasteiger partial charge in [0, 0.05) is 29.3 Å². The van der Waals surface area contributed by atoms with Crippen LogP contribution in [0.3, 0.4) is 0 Å². The molecule has 0 saturated carbocycles. The molecule has 0 amide bonds. The highest BCUT2D eigenvalue weighted by Crippen LogP contribution is 2.43. The number of nitrogens with zero attached hydrogens (tertiary/aromatic N) is 2. The maximum atomic E-state index is 10.4. The van der Waals surface area contributed by atoms with Crippen LogP contribution < -0.4 is 0 Å². The summed E-state index contributed by atoms with van der Waals surface area (Å²) in [6.07, 6.45) is 5.13. The molecule has 2 atom stereocenters. The Hall–Kier alpha value is -1.55. The number of aliphatic hydroxyl groups is 1. The molecule has 2 N–H and O–H groups in total. The fourth-order valence-electron chi connectivity index (χ4n) is 3.53. The van der Waals surface area contributed by atoms with E-state index in [1.54, 1.807) is 6.20 Å². The van der Waals surface area contributed by atoms with Crippen molar-refractivity contribution in [1.29, 1.82) is 0 Å². The van der Waals surface area contributed by atoms with Gasteiger partial charge in [0.1, 0.15) is 5.82 Å². The van der Waals surface area contributed by atoms with Crippen LogP contribution in [0, 0.1) is 12.3 Å². The van der Waals surface area contributed by atoms with Crippen molar-refractivity contribution in [2.45, 2.75) is 52.7 Å². The van der Waals surface area contributed by atoms with Gasteiger partial charge in [0.25, 0.3) is 0 Å². The first-order valence-corrected chi connectivity index (χ1v) is 7.27. The standard InChI is InChI=1S/C16H23N3O/c1-10-7-12-13(8-16(3,4)9-14(12)20)19(10)11(2)15-17-5-6-18-15/h5-7,11,14,20H,8-9H2,1-4H3,(H,17,18). The van der Waals surface area contributed by atoms with Crippen molar-refractivity contribution in [3.05, 3.63) is 41.2 Å². The largest absolute Gasteiger partial charge is 0.388 e. The molecule has 2 aromatic heterocycles. The molecule has 2 unspecified atom stereocenters. The van der Waals surface area contributed by atoms with E-state index in [9.17, 15) is 5.11 Å². The third kappa shape index (κ3) is 2.08. The van der Waals surface area contributed by atoms with Crippen molar-refractivity contribution in [2.75, 3.05) is 0 Å². The van der Waals surface area contributed by atoms with Crippen molar-refractivity contribution in [3.8, 4) is 0 Å². The fourth-order valence-corrected chi connectivity index (χ4v) is 3.53. The molecule has 3 rings (SSSR count). The molecule has 1 aliphatic carbocycles. The fraction of sp³-hybridized carbons (Fsp3) is 0.562. The number of H-pyrrole nitrogens is 1. The molecule has 2 heterocycles. The summed E-state index contributed by atoms with van der Waals surface area (Å²) in [5.74, 6) is 0.962. The molecule has 20 heavy (non-hydrogen) atoms. The van der Waals surface area contributed by atoms with Crippen LogP contribution in [0.4, 0.5) is 0 Å². The average Bonchev–Trinajstić information content (AvgIpc) is 2.94. The van der Waals surface area contributed by atoms with Crippen LogP contribution in [-0.2, 0) is 6.42 Å². The lowest BCUT2D eigenvalue weighted by molar-refractivity contribution is 0.0977. The summed E-state index contributed by atoms with van der Waals surface area (Å²) < 4.78 is 2.32. The lowest BCUT2D eigenvalue weighted by atomic mass is 9.75. The molecular weight excluding hydrogens is 250 g/mol. The zero-order valence-electron chi connectivity index (χ0n) is 12.6. The van der Waals surface area contributed by atoms with Gasteiger partial charge >= 0.3 is 0 Å². The van der Waals surface area contributed by atoms with E-state index in [-0.39, 0.29) is 17.6 Å². The Labute approximate surface area is 119 Å². The lowest BCUT2D eigenvalue weighted by Gasteiger charge is -2.34. The number of hydrogen-bond donors (Lipinski definition) is 2. The quantitative estimate of drug-likeness (QED) is 0.883. The van der Waals surface area contributed by atoms with Crippen molar-refractivity contribution in [1.82, 2.24) is 14.5 Å². The number of nitrogens with one attached hydrogen (secondary N) is 1. The zero-order chi connectivity index (χ0) is 14.5. The second-order valence-corrected chi connectivity index (χ2v) is 6.77. The van der Waals surface area contributed by atoms with Gasteiger partial charge in [-0.25, -0.2) is 4.98 Å². The summed E-state index contributed by atoms with van der Waals surface area (Å²) in [5.41, 5.74) is 3.68. The minimum Gasteiger partial charge on any atom is -0.388 e. The molecule has 108 valence electrons. The van der Waals surface area contributed by atoms with Crippen LogP contribution in [0.25, 0.3) is 0 Å². The summed E-state index contributed by atoms with van der Waals surface area (Å²) >= 11 is 0. The number of aliphatic hydroxyl groups excluding tert-OH is 1. The Morgan fingerprint density at radius 1 is 1.50 bits per heavy atom. The second kappa shape index (κ2) is 4.48. The minimum absolute atomic E-state index is 0.137. The van der Waals surface area contributed by atoms with Gasteiger partial charge in [-0.1, -0.05) is 13.8 Å². The van der Waals surface area contributed by atoms with Crippen LogP contribution in [0.1, 0.15) is 62.1 Å². The van der Waals surface area contributed by atoms with E-state index in [2.05, 4.69) is 48.3 Å². The summed E-state index contributed by atoms with van der Waals surface area (Å²) in [6.45, 7) is 8.71. The van der Waals surface area contributed by atoms with E-state index in [1.165, 1.54) is 11.4 Å². The molecular formula is C16H23N3O. The highest BCUT2D eigenvalue weighted by molar-refractivity contribution is 5.34. The van der Waals surface area contributed by atoms with Crippen LogP contribution in [0.5, 0.6) is 0 Å². The first-order chi connectivity index (χ1) is 9.39. The third-order valence-electron chi connectivity index (χ3n) is 4.42. The monoisotopic (exact) mass is 273 g/mol. The Bertz CT molecular complexity index is 610. The molecule has 4 heteroatoms. The van der Waals surface area contributed by atoms with Gasteiger partial charge in [0.2, 0.25) is 0 Å². The zero-order valence-corrected chi connectivity index (χ0v) is 12.6. The van der Waals surface area contributed by atoms with Crippen molar-refractivity contribution < 1.29 is 5.11 Å². The van der Waals surface area contributed by atoms with Gasteiger partial charge in [0.15, 0.2) is 0 Å². The van der Waals surface area contributed by atoms with Crippen molar-refractivity contribution in [2.24, 2.45) is 5.41 Å². The van der Waals surface area contributed by atoms with Crippen LogP contribution in [0.2, 0.25) is 0 Å². The second-order valence-electron chi connectivity index (χ2n) is 6.77. The molecule has 0 aliphatic heterocycles. The van der Waals surface area contributed by atoms with Gasteiger partial charge in [-0.2, -0.15) is 0 Å². The molecule has 2 aromatic rings. The van der Waals surface area contributed by atoms with E-state index < -0.39 is 0 Å². The van der Waals surface area contributed by atoms with Gasteiger partial charge < -0.3 is 14.7 Å². The molecule has 0 aromatic carbocycles. The Balaban J connectivity index is 2.09. The van der Waals surface area contributed by atoms with Gasteiger partial charge in [0.05, 0.1) is 12.1 Å². The summed E-state index contributed by atoms with van der Waals surface area (Å²) in [4.78, 5) is 7.58. The number of fused-ring (bicyclic) bond motifs is 1. The predicted octanol–water partition coefficient (Wildman–Crippen LogP) is 3.13. The number of aryl methyl sites for hydroxylation is 1. The molecule has 0 spiro atoms. The molecule has 0 bridgehead atoms. The molecule has 1 aliphatic rings. The summed E-state index contributed by atoms with van der Waals surface area (Å²) in [5, 5.41) is 10.4. The number of aromatic amines is 1. The van der Waals surface area contributed by atoms with Crippen LogP contribution >= 0.6 is 0 Å². The van der Waals surface area contributed by atoms with E-state index in [1.807, 2.05) is 6.20 Å². The lowest BCUT2D eigenvalue weighted by Crippen LogP contribution is -2.27. The molecule has 0 saturated heterocycles. The third-order valence-corrected chi connectivity index (χ3v) is 4.42. The molecule has 4 nitrogen and oxygen atoms in total. The Morgan fingerprint density at radius 3 is 2.90 bits per heavy atom. The molecule has 0 fully saturated rings. The van der Waals surface area contributed by atoms with E-state index in [0.29, 0.717) is 0 Å². The van der Waals surface area contributed by atoms with Crippen molar-refractivity contribution in [3.63, 3.8) is 0 Å². The SMILES string of the molecule is Cc1cc2c(n1C(C)c1ncc[nH]1)CC(C)(C)CC2O. The van der Waals surface area contributed by atoms with Gasteiger partial charge in [-0.15, -0.1) is 0 Å². The molecule has 0 radical (unpaired) electrons. The Morgan fingerprint density at radius 2 is 2.25 bits per heavy atom. The average molecular weight is 273 g/mol. The van der Waals surface area contributed by atoms with Crippen LogP contribution in [0.15, 0.2) is 18.5 Å².